The van der Waals surface area contributed by atoms with Gasteiger partial charge in [-0.1, -0.05) is 12.1 Å². The molecule has 0 saturated carbocycles. The molecule has 0 unspecified atom stereocenters. The molecule has 0 saturated heterocycles. The maximum absolute atomic E-state index is 5.46. The SMILES string of the molecule is CCNC(=NCc1cccc(N(C)C)c1)NCc1ccc(OC)cc1OC.I. The number of rotatable bonds is 8. The lowest BCUT2D eigenvalue weighted by atomic mass is 10.2. The van der Waals surface area contributed by atoms with Crippen LogP contribution in [0.15, 0.2) is 47.5 Å². The third-order valence-corrected chi connectivity index (χ3v) is 4.13. The molecular formula is C21H31IN4O2. The highest BCUT2D eigenvalue weighted by Crippen LogP contribution is 2.24. The number of methoxy groups -OCH3 is 2. The van der Waals surface area contributed by atoms with Crippen molar-refractivity contribution in [1.29, 1.82) is 0 Å². The first-order valence-electron chi connectivity index (χ1n) is 9.06. The third-order valence-electron chi connectivity index (χ3n) is 4.13. The Morgan fingerprint density at radius 2 is 1.82 bits per heavy atom. The molecule has 0 amide bonds. The quantitative estimate of drug-likeness (QED) is 0.331. The first-order valence-corrected chi connectivity index (χ1v) is 9.06. The van der Waals surface area contributed by atoms with Crippen LogP contribution in [0.4, 0.5) is 5.69 Å². The van der Waals surface area contributed by atoms with E-state index in [1.165, 1.54) is 11.3 Å². The highest BCUT2D eigenvalue weighted by Gasteiger charge is 2.06. The molecule has 154 valence electrons. The maximum Gasteiger partial charge on any atom is 0.191 e. The molecule has 2 aromatic rings. The molecule has 28 heavy (non-hydrogen) atoms. The zero-order chi connectivity index (χ0) is 19.6. The lowest BCUT2D eigenvalue weighted by Crippen LogP contribution is -2.36. The predicted molar refractivity (Wildman–Crippen MR) is 127 cm³/mol. The minimum atomic E-state index is 0. The van der Waals surface area contributed by atoms with E-state index in [0.29, 0.717) is 13.1 Å². The molecule has 0 spiro atoms. The van der Waals surface area contributed by atoms with Crippen LogP contribution in [0, 0.1) is 0 Å². The smallest absolute Gasteiger partial charge is 0.191 e. The topological polar surface area (TPSA) is 58.1 Å². The molecule has 6 nitrogen and oxygen atoms in total. The summed E-state index contributed by atoms with van der Waals surface area (Å²) in [6, 6.07) is 14.2. The van der Waals surface area contributed by atoms with Gasteiger partial charge in [-0.25, -0.2) is 4.99 Å². The fourth-order valence-corrected chi connectivity index (χ4v) is 2.62. The largest absolute Gasteiger partial charge is 0.497 e. The van der Waals surface area contributed by atoms with E-state index >= 15 is 0 Å². The van der Waals surface area contributed by atoms with E-state index in [2.05, 4.69) is 46.7 Å². The average molecular weight is 498 g/mol. The number of anilines is 1. The number of ether oxygens (including phenoxy) is 2. The molecule has 2 rings (SSSR count). The fourth-order valence-electron chi connectivity index (χ4n) is 2.62. The van der Waals surface area contributed by atoms with Crippen molar-refractivity contribution >= 4 is 35.6 Å². The van der Waals surface area contributed by atoms with E-state index in [1.807, 2.05) is 32.3 Å². The molecule has 0 radical (unpaired) electrons. The van der Waals surface area contributed by atoms with E-state index in [1.54, 1.807) is 14.2 Å². The number of guanidine groups is 1. The highest BCUT2D eigenvalue weighted by molar-refractivity contribution is 14.0. The monoisotopic (exact) mass is 498 g/mol. The van der Waals surface area contributed by atoms with Crippen molar-refractivity contribution < 1.29 is 9.47 Å². The molecule has 2 aromatic carbocycles. The molecular weight excluding hydrogens is 467 g/mol. The van der Waals surface area contributed by atoms with Crippen molar-refractivity contribution in [3.63, 3.8) is 0 Å². The average Bonchev–Trinajstić information content (AvgIpc) is 2.70. The van der Waals surface area contributed by atoms with E-state index in [0.717, 1.165) is 29.6 Å². The van der Waals surface area contributed by atoms with Crippen LogP contribution < -0.4 is 25.0 Å². The fraction of sp³-hybridized carbons (Fsp3) is 0.381. The van der Waals surface area contributed by atoms with Gasteiger partial charge < -0.3 is 25.0 Å². The van der Waals surface area contributed by atoms with Gasteiger partial charge in [-0.3, -0.25) is 0 Å². The lowest BCUT2D eigenvalue weighted by Gasteiger charge is -2.15. The zero-order valence-electron chi connectivity index (χ0n) is 17.3. The van der Waals surface area contributed by atoms with Crippen LogP contribution in [0.25, 0.3) is 0 Å². The summed E-state index contributed by atoms with van der Waals surface area (Å²) in [6.45, 7) is 4.06. The molecule has 0 fully saturated rings. The van der Waals surface area contributed by atoms with Crippen molar-refractivity contribution in [2.75, 3.05) is 39.8 Å². The first kappa shape index (κ1) is 23.9. The van der Waals surface area contributed by atoms with Gasteiger partial charge in [0.15, 0.2) is 5.96 Å². The summed E-state index contributed by atoms with van der Waals surface area (Å²) in [7, 11) is 7.38. The van der Waals surface area contributed by atoms with Crippen molar-refractivity contribution in [1.82, 2.24) is 10.6 Å². The summed E-state index contributed by atoms with van der Waals surface area (Å²) in [5.74, 6) is 2.33. The van der Waals surface area contributed by atoms with Gasteiger partial charge in [-0.05, 0) is 36.8 Å². The summed E-state index contributed by atoms with van der Waals surface area (Å²) in [6.07, 6.45) is 0. The van der Waals surface area contributed by atoms with Gasteiger partial charge in [0.05, 0.1) is 20.8 Å². The van der Waals surface area contributed by atoms with Gasteiger partial charge in [0.2, 0.25) is 0 Å². The highest BCUT2D eigenvalue weighted by atomic mass is 127. The lowest BCUT2D eigenvalue weighted by molar-refractivity contribution is 0.390. The van der Waals surface area contributed by atoms with Crippen molar-refractivity contribution in [3.8, 4) is 11.5 Å². The molecule has 0 aliphatic rings. The Morgan fingerprint density at radius 3 is 2.46 bits per heavy atom. The summed E-state index contributed by atoms with van der Waals surface area (Å²) in [5.41, 5.74) is 3.38. The van der Waals surface area contributed by atoms with Crippen molar-refractivity contribution in [3.05, 3.63) is 53.6 Å². The number of halogens is 1. The molecule has 7 heteroatoms. The molecule has 0 atom stereocenters. The molecule has 0 aromatic heterocycles. The molecule has 0 aliphatic heterocycles. The normalized spacial score (nSPS) is 10.7. The van der Waals surface area contributed by atoms with Crippen LogP contribution in [0.1, 0.15) is 18.1 Å². The summed E-state index contributed by atoms with van der Waals surface area (Å²) in [4.78, 5) is 6.79. The van der Waals surface area contributed by atoms with Crippen LogP contribution >= 0.6 is 24.0 Å². The first-order chi connectivity index (χ1) is 13.1. The Balaban J connectivity index is 0.00000392. The van der Waals surface area contributed by atoms with Gasteiger partial charge in [-0.15, -0.1) is 24.0 Å². The summed E-state index contributed by atoms with van der Waals surface area (Å²) in [5, 5.41) is 6.65. The Bertz CT molecular complexity index is 766. The van der Waals surface area contributed by atoms with Crippen LogP contribution in [0.5, 0.6) is 11.5 Å². The van der Waals surface area contributed by atoms with E-state index < -0.39 is 0 Å². The van der Waals surface area contributed by atoms with Gasteiger partial charge in [0.1, 0.15) is 11.5 Å². The Labute approximate surface area is 185 Å². The molecule has 0 heterocycles. The number of nitrogens with one attached hydrogen (secondary N) is 2. The molecule has 0 bridgehead atoms. The number of aliphatic imine (C=N–C) groups is 1. The Hall–Kier alpha value is -2.16. The Kier molecular flexibility index (Phi) is 10.5. The minimum absolute atomic E-state index is 0. The summed E-state index contributed by atoms with van der Waals surface area (Å²) >= 11 is 0. The van der Waals surface area contributed by atoms with Crippen LogP contribution in [0.2, 0.25) is 0 Å². The van der Waals surface area contributed by atoms with E-state index in [-0.39, 0.29) is 24.0 Å². The Morgan fingerprint density at radius 1 is 1.04 bits per heavy atom. The van der Waals surface area contributed by atoms with Crippen molar-refractivity contribution in [2.45, 2.75) is 20.0 Å². The third kappa shape index (κ3) is 7.10. The zero-order valence-corrected chi connectivity index (χ0v) is 19.6. The van der Waals surface area contributed by atoms with Gasteiger partial charge in [0.25, 0.3) is 0 Å². The number of hydrogen-bond donors (Lipinski definition) is 2. The predicted octanol–water partition coefficient (Wildman–Crippen LogP) is 3.64. The van der Waals surface area contributed by atoms with Gasteiger partial charge in [0, 0.05) is 44.5 Å². The number of nitrogens with zero attached hydrogens (tertiary/aromatic N) is 2. The van der Waals surface area contributed by atoms with E-state index in [9.17, 15) is 0 Å². The van der Waals surface area contributed by atoms with Crippen LogP contribution in [-0.4, -0.2) is 40.8 Å². The summed E-state index contributed by atoms with van der Waals surface area (Å²) < 4.78 is 10.7. The number of hydrogen-bond acceptors (Lipinski definition) is 4. The molecule has 0 aliphatic carbocycles. The second-order valence-corrected chi connectivity index (χ2v) is 6.29. The minimum Gasteiger partial charge on any atom is -0.497 e. The van der Waals surface area contributed by atoms with Crippen LogP contribution in [0.3, 0.4) is 0 Å². The van der Waals surface area contributed by atoms with Crippen LogP contribution in [-0.2, 0) is 13.1 Å². The number of benzene rings is 2. The van der Waals surface area contributed by atoms with Gasteiger partial charge >= 0.3 is 0 Å². The van der Waals surface area contributed by atoms with Crippen molar-refractivity contribution in [2.24, 2.45) is 4.99 Å². The van der Waals surface area contributed by atoms with Gasteiger partial charge in [-0.2, -0.15) is 0 Å². The standard InChI is InChI=1S/C21H30N4O2.HI/c1-6-22-21(23-14-16-8-7-9-18(12-16)25(2)3)24-15-17-10-11-19(26-4)13-20(17)27-5;/h7-13H,6,14-15H2,1-5H3,(H2,22,23,24);1H. The van der Waals surface area contributed by atoms with E-state index in [4.69, 9.17) is 14.5 Å². The second kappa shape index (κ2) is 12.3. The maximum atomic E-state index is 5.46. The second-order valence-electron chi connectivity index (χ2n) is 6.29. The molecule has 2 N–H and O–H groups in total.